The lowest BCUT2D eigenvalue weighted by Crippen LogP contribution is -2.24. The van der Waals surface area contributed by atoms with Gasteiger partial charge in [-0.2, -0.15) is 0 Å². The number of carbonyl (C=O) groups excluding carboxylic acids is 1. The van der Waals surface area contributed by atoms with E-state index >= 15 is 0 Å². The molecule has 1 aromatic heterocycles. The van der Waals surface area contributed by atoms with E-state index in [2.05, 4.69) is 10.3 Å². The monoisotopic (exact) mass is 308 g/mol. The second-order valence-electron chi connectivity index (χ2n) is 5.61. The number of fused-ring (bicyclic) bond motifs is 1. The Morgan fingerprint density at radius 2 is 2.00 bits per heavy atom. The summed E-state index contributed by atoms with van der Waals surface area (Å²) in [7, 11) is 1.64. The second-order valence-corrected chi connectivity index (χ2v) is 5.61. The highest BCUT2D eigenvalue weighted by atomic mass is 16.5. The highest BCUT2D eigenvalue weighted by Crippen LogP contribution is 2.23. The Bertz CT molecular complexity index is 836. The van der Waals surface area contributed by atoms with E-state index < -0.39 is 0 Å². The maximum Gasteiger partial charge on any atom is 0.224 e. The molecule has 4 heteroatoms. The van der Waals surface area contributed by atoms with Crippen molar-refractivity contribution in [1.82, 2.24) is 10.3 Å². The number of hydrogen-bond donors (Lipinski definition) is 2. The number of hydrogen-bond acceptors (Lipinski definition) is 2. The van der Waals surface area contributed by atoms with Crippen molar-refractivity contribution in [3.63, 3.8) is 0 Å². The van der Waals surface area contributed by atoms with E-state index in [4.69, 9.17) is 4.74 Å². The topological polar surface area (TPSA) is 54.1 Å². The van der Waals surface area contributed by atoms with Gasteiger partial charge in [-0.15, -0.1) is 0 Å². The van der Waals surface area contributed by atoms with Crippen LogP contribution in [-0.4, -0.2) is 18.0 Å². The molecular weight excluding hydrogens is 288 g/mol. The lowest BCUT2D eigenvalue weighted by molar-refractivity contribution is -0.120. The molecular formula is C19H20N2O2. The average molecular weight is 308 g/mol. The van der Waals surface area contributed by atoms with Gasteiger partial charge in [0.05, 0.1) is 13.5 Å². The highest BCUT2D eigenvalue weighted by molar-refractivity contribution is 5.89. The molecule has 3 aromatic rings. The zero-order valence-electron chi connectivity index (χ0n) is 13.3. The molecule has 0 saturated carbocycles. The number of aromatic nitrogens is 1. The summed E-state index contributed by atoms with van der Waals surface area (Å²) in [5, 5.41) is 4.01. The molecule has 4 nitrogen and oxygen atoms in total. The van der Waals surface area contributed by atoms with E-state index in [1.165, 1.54) is 5.56 Å². The maximum absolute atomic E-state index is 12.2. The van der Waals surface area contributed by atoms with Gasteiger partial charge in [-0.25, -0.2) is 0 Å². The van der Waals surface area contributed by atoms with Crippen molar-refractivity contribution in [1.29, 1.82) is 0 Å². The molecule has 0 radical (unpaired) electrons. The van der Waals surface area contributed by atoms with Crippen molar-refractivity contribution in [2.75, 3.05) is 7.11 Å². The Morgan fingerprint density at radius 3 is 2.78 bits per heavy atom. The summed E-state index contributed by atoms with van der Waals surface area (Å²) < 4.78 is 5.26. The van der Waals surface area contributed by atoms with Crippen molar-refractivity contribution in [3.05, 3.63) is 65.4 Å². The molecule has 2 N–H and O–H groups in total. The molecule has 1 amide bonds. The van der Waals surface area contributed by atoms with Crippen LogP contribution in [0.15, 0.2) is 48.7 Å². The van der Waals surface area contributed by atoms with E-state index in [9.17, 15) is 4.79 Å². The van der Waals surface area contributed by atoms with Crippen LogP contribution in [0.5, 0.6) is 5.75 Å². The fourth-order valence-corrected chi connectivity index (χ4v) is 2.67. The van der Waals surface area contributed by atoms with Gasteiger partial charge >= 0.3 is 0 Å². The number of aryl methyl sites for hydroxylation is 1. The number of benzene rings is 2. The lowest BCUT2D eigenvalue weighted by Gasteiger charge is -2.08. The second kappa shape index (κ2) is 6.57. The fourth-order valence-electron chi connectivity index (χ4n) is 2.67. The van der Waals surface area contributed by atoms with Crippen LogP contribution in [0.25, 0.3) is 10.9 Å². The van der Waals surface area contributed by atoms with Crippen LogP contribution in [0, 0.1) is 6.92 Å². The largest absolute Gasteiger partial charge is 0.497 e. The summed E-state index contributed by atoms with van der Waals surface area (Å²) in [6.07, 6.45) is 2.23. The molecule has 0 spiro atoms. The first-order valence-electron chi connectivity index (χ1n) is 7.62. The van der Waals surface area contributed by atoms with E-state index in [1.807, 2.05) is 55.6 Å². The van der Waals surface area contributed by atoms with E-state index in [-0.39, 0.29) is 5.91 Å². The zero-order valence-corrected chi connectivity index (χ0v) is 13.3. The third-order valence-electron chi connectivity index (χ3n) is 4.06. The molecule has 0 fully saturated rings. The molecule has 0 aliphatic heterocycles. The quantitative estimate of drug-likeness (QED) is 0.759. The molecule has 2 aromatic carbocycles. The van der Waals surface area contributed by atoms with Gasteiger partial charge < -0.3 is 15.0 Å². The van der Waals surface area contributed by atoms with Crippen LogP contribution in [0.4, 0.5) is 0 Å². The fraction of sp³-hybridized carbons (Fsp3) is 0.211. The van der Waals surface area contributed by atoms with Crippen LogP contribution in [-0.2, 0) is 17.8 Å². The summed E-state index contributed by atoms with van der Waals surface area (Å²) in [6, 6.07) is 13.9. The highest BCUT2D eigenvalue weighted by Gasteiger charge is 2.10. The summed E-state index contributed by atoms with van der Waals surface area (Å²) in [5.41, 5.74) is 4.31. The summed E-state index contributed by atoms with van der Waals surface area (Å²) >= 11 is 0. The van der Waals surface area contributed by atoms with Crippen molar-refractivity contribution < 1.29 is 9.53 Å². The minimum absolute atomic E-state index is 0.0111. The average Bonchev–Trinajstić information content (AvgIpc) is 2.96. The number of nitrogens with one attached hydrogen (secondary N) is 2. The van der Waals surface area contributed by atoms with Gasteiger partial charge in [0, 0.05) is 23.6 Å². The predicted molar refractivity (Wildman–Crippen MR) is 91.6 cm³/mol. The normalized spacial score (nSPS) is 10.7. The SMILES string of the molecule is COc1ccc2[nH]cc(CC(=O)NCc3ccccc3C)c2c1. The lowest BCUT2D eigenvalue weighted by atomic mass is 10.1. The number of aromatic amines is 1. The number of ether oxygens (including phenoxy) is 1. The molecule has 118 valence electrons. The van der Waals surface area contributed by atoms with Crippen LogP contribution in [0.2, 0.25) is 0 Å². The first-order chi connectivity index (χ1) is 11.2. The van der Waals surface area contributed by atoms with Crippen LogP contribution < -0.4 is 10.1 Å². The van der Waals surface area contributed by atoms with Gasteiger partial charge in [-0.05, 0) is 41.8 Å². The van der Waals surface area contributed by atoms with Crippen molar-refractivity contribution in [2.24, 2.45) is 0 Å². The molecule has 0 unspecified atom stereocenters. The molecule has 0 bridgehead atoms. The van der Waals surface area contributed by atoms with Crippen molar-refractivity contribution >= 4 is 16.8 Å². The number of carbonyl (C=O) groups is 1. The van der Waals surface area contributed by atoms with E-state index in [1.54, 1.807) is 7.11 Å². The third kappa shape index (κ3) is 3.37. The molecule has 0 aliphatic rings. The summed E-state index contributed by atoms with van der Waals surface area (Å²) in [5.74, 6) is 0.802. The smallest absolute Gasteiger partial charge is 0.224 e. The van der Waals surface area contributed by atoms with Gasteiger partial charge in [-0.1, -0.05) is 24.3 Å². The Hall–Kier alpha value is -2.75. The third-order valence-corrected chi connectivity index (χ3v) is 4.06. The summed E-state index contributed by atoms with van der Waals surface area (Å²) in [4.78, 5) is 15.4. The number of amides is 1. The van der Waals surface area contributed by atoms with Crippen LogP contribution >= 0.6 is 0 Å². The number of H-pyrrole nitrogens is 1. The Morgan fingerprint density at radius 1 is 1.17 bits per heavy atom. The molecule has 23 heavy (non-hydrogen) atoms. The van der Waals surface area contributed by atoms with Gasteiger partial charge in [0.1, 0.15) is 5.75 Å². The maximum atomic E-state index is 12.2. The first-order valence-corrected chi connectivity index (χ1v) is 7.62. The first kappa shape index (κ1) is 15.2. The Labute approximate surface area is 135 Å². The molecule has 1 heterocycles. The number of methoxy groups -OCH3 is 1. The van der Waals surface area contributed by atoms with Crippen molar-refractivity contribution in [2.45, 2.75) is 19.9 Å². The summed E-state index contributed by atoms with van der Waals surface area (Å²) in [6.45, 7) is 2.60. The molecule has 0 saturated heterocycles. The van der Waals surface area contributed by atoms with Gasteiger partial charge in [0.2, 0.25) is 5.91 Å². The zero-order chi connectivity index (χ0) is 16.2. The number of rotatable bonds is 5. The van der Waals surface area contributed by atoms with Gasteiger partial charge in [0.25, 0.3) is 0 Å². The van der Waals surface area contributed by atoms with Gasteiger partial charge in [0.15, 0.2) is 0 Å². The van der Waals surface area contributed by atoms with Crippen LogP contribution in [0.1, 0.15) is 16.7 Å². The minimum Gasteiger partial charge on any atom is -0.497 e. The Balaban J connectivity index is 1.69. The van der Waals surface area contributed by atoms with E-state index in [0.29, 0.717) is 13.0 Å². The molecule has 3 rings (SSSR count). The predicted octanol–water partition coefficient (Wildman–Crippen LogP) is 3.34. The van der Waals surface area contributed by atoms with Crippen LogP contribution in [0.3, 0.4) is 0 Å². The van der Waals surface area contributed by atoms with Crippen molar-refractivity contribution in [3.8, 4) is 5.75 Å². The molecule has 0 aliphatic carbocycles. The Kier molecular flexibility index (Phi) is 4.33. The molecule has 0 atom stereocenters. The standard InChI is InChI=1S/C19H20N2O2/c1-13-5-3-4-6-14(13)11-21-19(22)9-15-12-20-18-8-7-16(23-2)10-17(15)18/h3-8,10,12,20H,9,11H2,1-2H3,(H,21,22). The van der Waals surface area contributed by atoms with Gasteiger partial charge in [-0.3, -0.25) is 4.79 Å². The minimum atomic E-state index is 0.0111. The van der Waals surface area contributed by atoms with E-state index in [0.717, 1.165) is 27.8 Å².